The molecule has 3 heteroatoms. The molecule has 1 N–H and O–H groups in total. The third-order valence-corrected chi connectivity index (χ3v) is 4.88. The number of hydrogen-bond donors (Lipinski definition) is 1. The molecule has 0 aromatic rings. The van der Waals surface area contributed by atoms with E-state index < -0.39 is 11.5 Å². The van der Waals surface area contributed by atoms with Gasteiger partial charge in [-0.15, -0.1) is 0 Å². The molecule has 0 spiro atoms. The highest BCUT2D eigenvalue weighted by Gasteiger charge is 2.45. The fourth-order valence-corrected chi connectivity index (χ4v) is 3.57. The molecule has 0 radical (unpaired) electrons. The van der Waals surface area contributed by atoms with E-state index in [0.717, 1.165) is 44.7 Å². The lowest BCUT2D eigenvalue weighted by Crippen LogP contribution is -2.58. The molecule has 1 saturated carbocycles. The number of carbonyl (C=O) groups is 1. The topological polar surface area (TPSA) is 40.5 Å². The van der Waals surface area contributed by atoms with E-state index in [4.69, 9.17) is 0 Å². The lowest BCUT2D eigenvalue weighted by atomic mass is 9.78. The number of carboxylic acid groups (broad SMARTS) is 1. The maximum atomic E-state index is 11.7. The highest BCUT2D eigenvalue weighted by molar-refractivity contribution is 5.79. The predicted octanol–water partition coefficient (Wildman–Crippen LogP) is 2.90. The minimum absolute atomic E-state index is 0.517. The normalized spacial score (nSPS) is 26.9. The van der Waals surface area contributed by atoms with Crippen molar-refractivity contribution in [3.05, 3.63) is 0 Å². The zero-order chi connectivity index (χ0) is 12.3. The lowest BCUT2D eigenvalue weighted by molar-refractivity contribution is -0.155. The summed E-state index contributed by atoms with van der Waals surface area (Å²) < 4.78 is 0. The molecule has 2 fully saturated rings. The van der Waals surface area contributed by atoms with E-state index in [1.54, 1.807) is 0 Å². The molecule has 17 heavy (non-hydrogen) atoms. The van der Waals surface area contributed by atoms with Crippen LogP contribution in [0, 0.1) is 5.92 Å². The van der Waals surface area contributed by atoms with Gasteiger partial charge >= 0.3 is 5.97 Å². The zero-order valence-corrected chi connectivity index (χ0v) is 11.0. The minimum atomic E-state index is -0.577. The molecule has 0 aromatic carbocycles. The fourth-order valence-electron chi connectivity index (χ4n) is 3.57. The van der Waals surface area contributed by atoms with Crippen molar-refractivity contribution >= 4 is 5.97 Å². The number of carboxylic acids is 1. The summed E-state index contributed by atoms with van der Waals surface area (Å²) in [6.45, 7) is 4.23. The molecule has 0 amide bonds. The summed E-state index contributed by atoms with van der Waals surface area (Å²) in [6.07, 6.45) is 8.71. The number of piperidine rings is 1. The molecule has 0 aromatic heterocycles. The van der Waals surface area contributed by atoms with Crippen LogP contribution in [-0.2, 0) is 4.79 Å². The van der Waals surface area contributed by atoms with Crippen molar-refractivity contribution in [3.8, 4) is 0 Å². The summed E-state index contributed by atoms with van der Waals surface area (Å²) in [4.78, 5) is 14.0. The van der Waals surface area contributed by atoms with Crippen LogP contribution in [0.4, 0.5) is 0 Å². The quantitative estimate of drug-likeness (QED) is 0.823. The fraction of sp³-hybridized carbons (Fsp3) is 0.929. The first kappa shape index (κ1) is 12.9. The molecular weight excluding hydrogens is 214 g/mol. The molecule has 1 aliphatic heterocycles. The van der Waals surface area contributed by atoms with E-state index in [1.807, 2.05) is 0 Å². The SMILES string of the molecule is CCC1CCN(C2(C(=O)O)CCCCC2)CC1. The van der Waals surface area contributed by atoms with Crippen molar-refractivity contribution < 1.29 is 9.90 Å². The highest BCUT2D eigenvalue weighted by Crippen LogP contribution is 2.36. The van der Waals surface area contributed by atoms with Crippen molar-refractivity contribution in [1.82, 2.24) is 4.90 Å². The van der Waals surface area contributed by atoms with Gasteiger partial charge in [0.1, 0.15) is 5.54 Å². The van der Waals surface area contributed by atoms with E-state index in [2.05, 4.69) is 11.8 Å². The summed E-state index contributed by atoms with van der Waals surface area (Å²) in [5, 5.41) is 9.62. The van der Waals surface area contributed by atoms with E-state index >= 15 is 0 Å². The lowest BCUT2D eigenvalue weighted by Gasteiger charge is -2.46. The van der Waals surface area contributed by atoms with Gasteiger partial charge < -0.3 is 5.11 Å². The first-order valence-corrected chi connectivity index (χ1v) is 7.17. The van der Waals surface area contributed by atoms with E-state index in [0.29, 0.717) is 0 Å². The zero-order valence-electron chi connectivity index (χ0n) is 11.0. The average molecular weight is 239 g/mol. The van der Waals surface area contributed by atoms with Crippen LogP contribution in [0.2, 0.25) is 0 Å². The molecular formula is C14H25NO2. The second kappa shape index (κ2) is 5.38. The maximum absolute atomic E-state index is 11.7. The average Bonchev–Trinajstić information content (AvgIpc) is 2.39. The Morgan fingerprint density at radius 2 is 1.82 bits per heavy atom. The summed E-state index contributed by atoms with van der Waals surface area (Å²) in [6, 6.07) is 0. The van der Waals surface area contributed by atoms with Crippen molar-refractivity contribution in [2.45, 2.75) is 63.8 Å². The van der Waals surface area contributed by atoms with Gasteiger partial charge in [0, 0.05) is 0 Å². The monoisotopic (exact) mass is 239 g/mol. The first-order chi connectivity index (χ1) is 8.19. The molecule has 3 nitrogen and oxygen atoms in total. The van der Waals surface area contributed by atoms with Crippen molar-refractivity contribution in [2.24, 2.45) is 5.92 Å². The van der Waals surface area contributed by atoms with Crippen LogP contribution in [0.5, 0.6) is 0 Å². The molecule has 2 aliphatic rings. The van der Waals surface area contributed by atoms with Gasteiger partial charge in [-0.2, -0.15) is 0 Å². The molecule has 1 saturated heterocycles. The second-order valence-corrected chi connectivity index (χ2v) is 5.74. The number of likely N-dealkylation sites (tertiary alicyclic amines) is 1. The number of rotatable bonds is 3. The number of nitrogens with zero attached hydrogens (tertiary/aromatic N) is 1. The van der Waals surface area contributed by atoms with Gasteiger partial charge in [-0.25, -0.2) is 0 Å². The third kappa shape index (κ3) is 2.49. The van der Waals surface area contributed by atoms with Crippen molar-refractivity contribution in [1.29, 1.82) is 0 Å². The van der Waals surface area contributed by atoms with Gasteiger partial charge in [-0.3, -0.25) is 9.69 Å². The number of hydrogen-bond acceptors (Lipinski definition) is 2. The van der Waals surface area contributed by atoms with Gasteiger partial charge in [0.05, 0.1) is 0 Å². The van der Waals surface area contributed by atoms with Crippen LogP contribution in [-0.4, -0.2) is 34.6 Å². The van der Waals surface area contributed by atoms with Crippen LogP contribution >= 0.6 is 0 Å². The van der Waals surface area contributed by atoms with Crippen LogP contribution in [0.15, 0.2) is 0 Å². The van der Waals surface area contributed by atoms with E-state index in [1.165, 1.54) is 25.7 Å². The second-order valence-electron chi connectivity index (χ2n) is 5.74. The predicted molar refractivity (Wildman–Crippen MR) is 68.0 cm³/mol. The first-order valence-electron chi connectivity index (χ1n) is 7.17. The van der Waals surface area contributed by atoms with E-state index in [9.17, 15) is 9.90 Å². The van der Waals surface area contributed by atoms with Crippen LogP contribution < -0.4 is 0 Å². The van der Waals surface area contributed by atoms with Crippen molar-refractivity contribution in [2.75, 3.05) is 13.1 Å². The molecule has 1 aliphatic carbocycles. The maximum Gasteiger partial charge on any atom is 0.324 e. The largest absolute Gasteiger partial charge is 0.480 e. The summed E-state index contributed by atoms with van der Waals surface area (Å²) >= 11 is 0. The van der Waals surface area contributed by atoms with Gasteiger partial charge in [0.15, 0.2) is 0 Å². The highest BCUT2D eigenvalue weighted by atomic mass is 16.4. The van der Waals surface area contributed by atoms with Gasteiger partial charge in [-0.05, 0) is 44.7 Å². The Labute approximate surface area is 104 Å². The standard InChI is InChI=1S/C14H25NO2/c1-2-12-6-10-15(11-7-12)14(13(16)17)8-4-3-5-9-14/h12H,2-11H2,1H3,(H,16,17). The van der Waals surface area contributed by atoms with E-state index in [-0.39, 0.29) is 0 Å². The Morgan fingerprint density at radius 1 is 1.24 bits per heavy atom. The molecule has 2 rings (SSSR count). The molecule has 0 bridgehead atoms. The Bertz CT molecular complexity index is 263. The van der Waals surface area contributed by atoms with Gasteiger partial charge in [0.25, 0.3) is 0 Å². The minimum Gasteiger partial charge on any atom is -0.480 e. The third-order valence-electron chi connectivity index (χ3n) is 4.88. The Hall–Kier alpha value is -0.570. The molecule has 1 heterocycles. The van der Waals surface area contributed by atoms with Crippen LogP contribution in [0.3, 0.4) is 0 Å². The molecule has 0 atom stereocenters. The smallest absolute Gasteiger partial charge is 0.324 e. The summed E-state index contributed by atoms with van der Waals surface area (Å²) in [5.74, 6) is 0.243. The Morgan fingerprint density at radius 3 is 2.29 bits per heavy atom. The van der Waals surface area contributed by atoms with Gasteiger partial charge in [0.2, 0.25) is 0 Å². The molecule has 0 unspecified atom stereocenters. The molecule has 98 valence electrons. The van der Waals surface area contributed by atoms with Crippen molar-refractivity contribution in [3.63, 3.8) is 0 Å². The van der Waals surface area contributed by atoms with Crippen LogP contribution in [0.25, 0.3) is 0 Å². The Balaban J connectivity index is 2.04. The summed E-state index contributed by atoms with van der Waals surface area (Å²) in [7, 11) is 0. The van der Waals surface area contributed by atoms with Gasteiger partial charge in [-0.1, -0.05) is 32.6 Å². The van der Waals surface area contributed by atoms with Crippen LogP contribution in [0.1, 0.15) is 58.3 Å². The number of aliphatic carboxylic acids is 1. The summed E-state index contributed by atoms with van der Waals surface area (Å²) in [5.41, 5.74) is -0.517. The Kier molecular flexibility index (Phi) is 4.08.